The van der Waals surface area contributed by atoms with Crippen molar-refractivity contribution in [2.45, 2.75) is 58.6 Å². The lowest BCUT2D eigenvalue weighted by Gasteiger charge is -2.40. The Hall–Kier alpha value is -1.59. The van der Waals surface area contributed by atoms with Gasteiger partial charge in [-0.2, -0.15) is 0 Å². The Morgan fingerprint density at radius 3 is 2.52 bits per heavy atom. The zero-order valence-corrected chi connectivity index (χ0v) is 17.5. The molecule has 2 aliphatic heterocycles. The van der Waals surface area contributed by atoms with E-state index in [0.717, 1.165) is 56.1 Å². The number of nitrogens with one attached hydrogen (secondary N) is 1. The third-order valence-corrected chi connectivity index (χ3v) is 5.82. The first-order valence-electron chi connectivity index (χ1n) is 10.3. The maximum absolute atomic E-state index is 13.2. The van der Waals surface area contributed by atoms with Crippen molar-refractivity contribution in [3.8, 4) is 5.75 Å². The van der Waals surface area contributed by atoms with Gasteiger partial charge in [-0.1, -0.05) is 26.0 Å². The van der Waals surface area contributed by atoms with Gasteiger partial charge in [0.1, 0.15) is 5.75 Å². The monoisotopic (exact) mass is 373 g/mol. The summed E-state index contributed by atoms with van der Waals surface area (Å²) in [6.07, 6.45) is 1.22. The molecule has 0 spiro atoms. The molecule has 1 aromatic rings. The van der Waals surface area contributed by atoms with Gasteiger partial charge >= 0.3 is 0 Å². The Labute approximate surface area is 164 Å². The minimum absolute atomic E-state index is 0.0860. The first-order chi connectivity index (χ1) is 12.8. The molecule has 2 saturated heterocycles. The molecule has 0 aromatic heterocycles. The van der Waals surface area contributed by atoms with Crippen LogP contribution in [0, 0.1) is 6.92 Å². The second-order valence-electron chi connectivity index (χ2n) is 8.78. The van der Waals surface area contributed by atoms with E-state index in [1.165, 1.54) is 6.42 Å². The maximum Gasteiger partial charge on any atom is 0.266 e. The van der Waals surface area contributed by atoms with Gasteiger partial charge in [-0.3, -0.25) is 9.69 Å². The summed E-state index contributed by atoms with van der Waals surface area (Å²) in [5.41, 5.74) is 1.44. The van der Waals surface area contributed by atoms with Crippen molar-refractivity contribution in [3.63, 3.8) is 0 Å². The summed E-state index contributed by atoms with van der Waals surface area (Å²) in [5.74, 6) is 1.27. The van der Waals surface area contributed by atoms with E-state index >= 15 is 0 Å². The molecule has 150 valence electrons. The molecule has 2 aliphatic rings. The largest absolute Gasteiger partial charge is 0.478 e. The molecule has 1 aromatic carbocycles. The fourth-order valence-electron chi connectivity index (χ4n) is 4.15. The highest BCUT2D eigenvalue weighted by atomic mass is 16.5. The number of piperazine rings is 1. The van der Waals surface area contributed by atoms with Crippen LogP contribution in [0.25, 0.3) is 0 Å². The average molecular weight is 374 g/mol. The Kier molecular flexibility index (Phi) is 6.11. The summed E-state index contributed by atoms with van der Waals surface area (Å²) in [5, 5.41) is 3.43. The number of hydrogen-bond acceptors (Lipinski definition) is 4. The van der Waals surface area contributed by atoms with Crippen LogP contribution >= 0.6 is 0 Å². The number of benzene rings is 1. The van der Waals surface area contributed by atoms with Gasteiger partial charge in [0, 0.05) is 38.8 Å². The molecule has 5 nitrogen and oxygen atoms in total. The topological polar surface area (TPSA) is 44.8 Å². The molecule has 0 bridgehead atoms. The summed E-state index contributed by atoms with van der Waals surface area (Å²) < 4.78 is 6.30. The molecule has 5 heteroatoms. The highest BCUT2D eigenvalue weighted by Crippen LogP contribution is 2.31. The molecular formula is C22H35N3O2. The van der Waals surface area contributed by atoms with Crippen LogP contribution < -0.4 is 10.1 Å². The maximum atomic E-state index is 13.2. The van der Waals surface area contributed by atoms with Crippen molar-refractivity contribution >= 4 is 5.91 Å². The SMILES string of the molecule is Cc1ccc(C(C)C)c(OC(C)(C)C(=O)N2CCN(C3CCNC3)CC2)c1. The van der Waals surface area contributed by atoms with Crippen molar-refractivity contribution < 1.29 is 9.53 Å². The van der Waals surface area contributed by atoms with Crippen LogP contribution in [0.5, 0.6) is 5.75 Å². The lowest BCUT2D eigenvalue weighted by Crippen LogP contribution is -2.57. The van der Waals surface area contributed by atoms with Gasteiger partial charge in [-0.15, -0.1) is 0 Å². The van der Waals surface area contributed by atoms with Crippen LogP contribution in [0.3, 0.4) is 0 Å². The van der Waals surface area contributed by atoms with Crippen molar-refractivity contribution in [2.75, 3.05) is 39.3 Å². The van der Waals surface area contributed by atoms with Crippen LogP contribution in [0.15, 0.2) is 18.2 Å². The van der Waals surface area contributed by atoms with Crippen LogP contribution in [0.2, 0.25) is 0 Å². The van der Waals surface area contributed by atoms with E-state index in [-0.39, 0.29) is 5.91 Å². The molecule has 2 fully saturated rings. The van der Waals surface area contributed by atoms with Crippen molar-refractivity contribution in [2.24, 2.45) is 0 Å². The van der Waals surface area contributed by atoms with E-state index in [1.54, 1.807) is 0 Å². The Morgan fingerprint density at radius 1 is 1.22 bits per heavy atom. The molecule has 0 radical (unpaired) electrons. The van der Waals surface area contributed by atoms with Gasteiger partial charge in [0.25, 0.3) is 5.91 Å². The van der Waals surface area contributed by atoms with E-state index in [4.69, 9.17) is 4.74 Å². The Bertz CT molecular complexity index is 658. The van der Waals surface area contributed by atoms with E-state index in [1.807, 2.05) is 18.7 Å². The normalized spacial score (nSPS) is 21.7. The number of ether oxygens (including phenoxy) is 1. The van der Waals surface area contributed by atoms with Gasteiger partial charge in [0.2, 0.25) is 0 Å². The zero-order valence-electron chi connectivity index (χ0n) is 17.5. The molecule has 27 heavy (non-hydrogen) atoms. The smallest absolute Gasteiger partial charge is 0.266 e. The molecule has 2 heterocycles. The molecule has 1 N–H and O–H groups in total. The Morgan fingerprint density at radius 2 is 1.93 bits per heavy atom. The third-order valence-electron chi connectivity index (χ3n) is 5.82. The van der Waals surface area contributed by atoms with Gasteiger partial charge in [-0.05, 0) is 56.8 Å². The van der Waals surface area contributed by atoms with Crippen molar-refractivity contribution in [3.05, 3.63) is 29.3 Å². The lowest BCUT2D eigenvalue weighted by atomic mass is 9.99. The number of carbonyl (C=O) groups is 1. The van der Waals surface area contributed by atoms with Gasteiger partial charge in [0.05, 0.1) is 0 Å². The lowest BCUT2D eigenvalue weighted by molar-refractivity contribution is -0.147. The number of aryl methyl sites for hydroxylation is 1. The number of hydrogen-bond donors (Lipinski definition) is 1. The van der Waals surface area contributed by atoms with Gasteiger partial charge in [0.15, 0.2) is 5.60 Å². The van der Waals surface area contributed by atoms with Crippen LogP contribution in [-0.2, 0) is 4.79 Å². The fraction of sp³-hybridized carbons (Fsp3) is 0.682. The third kappa shape index (κ3) is 4.64. The number of amides is 1. The summed E-state index contributed by atoms with van der Waals surface area (Å²) in [4.78, 5) is 17.7. The van der Waals surface area contributed by atoms with Gasteiger partial charge < -0.3 is 15.0 Å². The highest BCUT2D eigenvalue weighted by Gasteiger charge is 2.37. The first kappa shape index (κ1) is 20.2. The van der Waals surface area contributed by atoms with E-state index in [2.05, 4.69) is 49.2 Å². The minimum atomic E-state index is -0.867. The molecule has 1 atom stereocenters. The predicted molar refractivity (Wildman–Crippen MR) is 109 cm³/mol. The highest BCUT2D eigenvalue weighted by molar-refractivity contribution is 5.85. The molecule has 0 saturated carbocycles. The van der Waals surface area contributed by atoms with Crippen LogP contribution in [0.1, 0.15) is 51.2 Å². The fourth-order valence-corrected chi connectivity index (χ4v) is 4.15. The van der Waals surface area contributed by atoms with Crippen molar-refractivity contribution in [1.29, 1.82) is 0 Å². The number of rotatable bonds is 5. The number of carbonyl (C=O) groups excluding carboxylic acids is 1. The van der Waals surface area contributed by atoms with Crippen molar-refractivity contribution in [1.82, 2.24) is 15.1 Å². The second-order valence-corrected chi connectivity index (χ2v) is 8.78. The van der Waals surface area contributed by atoms with E-state index < -0.39 is 5.60 Å². The summed E-state index contributed by atoms with van der Waals surface area (Å²) in [6.45, 7) is 15.8. The predicted octanol–water partition coefficient (Wildman–Crippen LogP) is 2.78. The Balaban J connectivity index is 1.65. The molecular weight excluding hydrogens is 338 g/mol. The zero-order chi connectivity index (χ0) is 19.6. The van der Waals surface area contributed by atoms with E-state index in [0.29, 0.717) is 12.0 Å². The number of nitrogens with zero attached hydrogens (tertiary/aromatic N) is 2. The van der Waals surface area contributed by atoms with Crippen LogP contribution in [0.4, 0.5) is 0 Å². The quantitative estimate of drug-likeness (QED) is 0.862. The van der Waals surface area contributed by atoms with Crippen LogP contribution in [-0.4, -0.2) is 66.6 Å². The second kappa shape index (κ2) is 8.19. The van der Waals surface area contributed by atoms with E-state index in [9.17, 15) is 4.79 Å². The average Bonchev–Trinajstić information content (AvgIpc) is 3.15. The summed E-state index contributed by atoms with van der Waals surface area (Å²) in [6, 6.07) is 6.90. The van der Waals surface area contributed by atoms with Gasteiger partial charge in [-0.25, -0.2) is 0 Å². The molecule has 3 rings (SSSR count). The molecule has 1 amide bonds. The summed E-state index contributed by atoms with van der Waals surface area (Å²) in [7, 11) is 0. The minimum Gasteiger partial charge on any atom is -0.478 e. The standard InChI is InChI=1S/C22H35N3O2/c1-16(2)19-7-6-17(3)14-20(19)27-22(4,5)21(26)25-12-10-24(11-13-25)18-8-9-23-15-18/h6-7,14,16,18,23H,8-13,15H2,1-5H3. The molecule has 1 unspecified atom stereocenters. The first-order valence-corrected chi connectivity index (χ1v) is 10.3. The molecule has 0 aliphatic carbocycles. The summed E-state index contributed by atoms with van der Waals surface area (Å²) >= 11 is 0.